The summed E-state index contributed by atoms with van der Waals surface area (Å²) in [6.07, 6.45) is 4.41. The molecule has 0 atom stereocenters. The van der Waals surface area contributed by atoms with Crippen molar-refractivity contribution in [2.45, 2.75) is 32.6 Å². The fourth-order valence-corrected chi connectivity index (χ4v) is 2.90. The van der Waals surface area contributed by atoms with Crippen molar-refractivity contribution in [2.24, 2.45) is 0 Å². The van der Waals surface area contributed by atoms with E-state index in [9.17, 15) is 0 Å². The summed E-state index contributed by atoms with van der Waals surface area (Å²) < 4.78 is 1.16. The zero-order valence-electron chi connectivity index (χ0n) is 9.89. The molecule has 0 saturated carbocycles. The van der Waals surface area contributed by atoms with Crippen LogP contribution in [0.15, 0.2) is 22.7 Å². The van der Waals surface area contributed by atoms with Crippen molar-refractivity contribution in [1.29, 1.82) is 0 Å². The maximum atomic E-state index is 4.73. The van der Waals surface area contributed by atoms with Crippen molar-refractivity contribution in [1.82, 2.24) is 9.97 Å². The van der Waals surface area contributed by atoms with E-state index < -0.39 is 0 Å². The lowest BCUT2D eigenvalue weighted by Crippen LogP contribution is -1.89. The summed E-state index contributed by atoms with van der Waals surface area (Å²) in [6, 6.07) is 6.52. The zero-order valence-corrected chi connectivity index (χ0v) is 11.5. The van der Waals surface area contributed by atoms with Crippen molar-refractivity contribution >= 4 is 15.9 Å². The first kappa shape index (κ1) is 11.0. The molecule has 0 saturated heterocycles. The Morgan fingerprint density at radius 2 is 2.24 bits per heavy atom. The van der Waals surface area contributed by atoms with Gasteiger partial charge in [0.05, 0.1) is 5.69 Å². The molecule has 1 aliphatic carbocycles. The predicted octanol–water partition coefficient (Wildman–Crippen LogP) is 3.89. The Labute approximate surface area is 110 Å². The monoisotopic (exact) mass is 290 g/mol. The summed E-state index contributed by atoms with van der Waals surface area (Å²) in [5.41, 5.74) is 5.19. The van der Waals surface area contributed by atoms with Crippen LogP contribution < -0.4 is 0 Å². The Kier molecular flexibility index (Phi) is 2.79. The molecule has 0 fully saturated rings. The fourth-order valence-electron chi connectivity index (χ4n) is 2.49. The lowest BCUT2D eigenvalue weighted by atomic mass is 10.0. The second-order valence-electron chi connectivity index (χ2n) is 4.52. The van der Waals surface area contributed by atoms with Crippen molar-refractivity contribution < 1.29 is 0 Å². The van der Waals surface area contributed by atoms with Gasteiger partial charge in [0.2, 0.25) is 0 Å². The highest BCUT2D eigenvalue weighted by molar-refractivity contribution is 9.10. The van der Waals surface area contributed by atoms with Crippen LogP contribution in [0.5, 0.6) is 0 Å². The number of aromatic nitrogens is 2. The molecule has 3 rings (SSSR count). The van der Waals surface area contributed by atoms with Gasteiger partial charge in [-0.15, -0.1) is 0 Å². The number of benzene rings is 1. The molecule has 1 aliphatic rings. The second kappa shape index (κ2) is 4.30. The number of nitrogens with one attached hydrogen (secondary N) is 1. The van der Waals surface area contributed by atoms with Crippen LogP contribution in [0.25, 0.3) is 11.3 Å². The van der Waals surface area contributed by atoms with Crippen LogP contribution in [0.2, 0.25) is 0 Å². The minimum Gasteiger partial charge on any atom is -0.345 e. The van der Waals surface area contributed by atoms with Gasteiger partial charge in [0.25, 0.3) is 0 Å². The van der Waals surface area contributed by atoms with Gasteiger partial charge in [0.1, 0.15) is 5.82 Å². The number of aryl methyl sites for hydroxylation is 3. The molecule has 0 unspecified atom stereocenters. The zero-order chi connectivity index (χ0) is 11.8. The molecule has 0 bridgehead atoms. The van der Waals surface area contributed by atoms with Crippen LogP contribution in [0.1, 0.15) is 30.4 Å². The van der Waals surface area contributed by atoms with Crippen LogP contribution in [0.3, 0.4) is 0 Å². The number of hydrogen-bond donors (Lipinski definition) is 1. The van der Waals surface area contributed by atoms with Gasteiger partial charge in [-0.05, 0) is 37.0 Å². The third-order valence-corrected chi connectivity index (χ3v) is 3.85. The Hall–Kier alpha value is -1.09. The highest BCUT2D eigenvalue weighted by atomic mass is 79.9. The molecule has 1 aromatic heterocycles. The van der Waals surface area contributed by atoms with E-state index >= 15 is 0 Å². The second-order valence-corrected chi connectivity index (χ2v) is 5.43. The molecule has 0 amide bonds. The predicted molar refractivity (Wildman–Crippen MR) is 73.1 cm³/mol. The lowest BCUT2D eigenvalue weighted by Gasteiger charge is -2.05. The average Bonchev–Trinajstić information content (AvgIpc) is 2.66. The lowest BCUT2D eigenvalue weighted by molar-refractivity contribution is 0.811. The number of imidazole rings is 1. The molecular weight excluding hydrogens is 276 g/mol. The first-order valence-corrected chi connectivity index (χ1v) is 6.93. The summed E-state index contributed by atoms with van der Waals surface area (Å²) in [7, 11) is 0. The summed E-state index contributed by atoms with van der Waals surface area (Å²) in [5, 5.41) is 0. The number of nitrogens with zero attached hydrogens (tertiary/aromatic N) is 1. The van der Waals surface area contributed by atoms with E-state index in [1.165, 1.54) is 28.9 Å². The van der Waals surface area contributed by atoms with E-state index in [1.807, 2.05) is 0 Å². The van der Waals surface area contributed by atoms with Crippen molar-refractivity contribution in [3.8, 4) is 11.3 Å². The largest absolute Gasteiger partial charge is 0.345 e. The molecular formula is C14H15BrN2. The van der Waals surface area contributed by atoms with E-state index in [-0.39, 0.29) is 0 Å². The van der Waals surface area contributed by atoms with Gasteiger partial charge < -0.3 is 4.98 Å². The first-order chi connectivity index (χ1) is 8.28. The number of fused-ring (bicyclic) bond motifs is 3. The Morgan fingerprint density at radius 3 is 3.06 bits per heavy atom. The van der Waals surface area contributed by atoms with Crippen molar-refractivity contribution in [3.05, 3.63) is 39.8 Å². The maximum absolute atomic E-state index is 4.73. The minimum absolute atomic E-state index is 0.971. The molecule has 1 heterocycles. The van der Waals surface area contributed by atoms with E-state index in [0.717, 1.165) is 29.6 Å². The minimum atomic E-state index is 0.971. The molecule has 0 spiro atoms. The van der Waals surface area contributed by atoms with E-state index in [1.54, 1.807) is 0 Å². The average molecular weight is 291 g/mol. The SMILES string of the molecule is CCc1nc2c([nH]1)CCCc1cc(Br)ccc1-2. The van der Waals surface area contributed by atoms with Crippen molar-refractivity contribution in [3.63, 3.8) is 0 Å². The van der Waals surface area contributed by atoms with Gasteiger partial charge in [-0.2, -0.15) is 0 Å². The molecule has 0 radical (unpaired) electrons. The number of rotatable bonds is 1. The van der Waals surface area contributed by atoms with Gasteiger partial charge in [-0.1, -0.05) is 28.9 Å². The van der Waals surface area contributed by atoms with Gasteiger partial charge in [-0.25, -0.2) is 4.98 Å². The molecule has 1 N–H and O–H groups in total. The summed E-state index contributed by atoms with van der Waals surface area (Å²) in [5.74, 6) is 1.10. The van der Waals surface area contributed by atoms with Gasteiger partial charge in [-0.3, -0.25) is 0 Å². The number of H-pyrrole nitrogens is 1. The van der Waals surface area contributed by atoms with Crippen LogP contribution in [0.4, 0.5) is 0 Å². The van der Waals surface area contributed by atoms with Crippen LogP contribution >= 0.6 is 15.9 Å². The number of aromatic amines is 1. The quantitative estimate of drug-likeness (QED) is 0.848. The van der Waals surface area contributed by atoms with Crippen molar-refractivity contribution in [2.75, 3.05) is 0 Å². The third kappa shape index (κ3) is 1.93. The first-order valence-electron chi connectivity index (χ1n) is 6.14. The van der Waals surface area contributed by atoms with E-state index in [0.29, 0.717) is 0 Å². The highest BCUT2D eigenvalue weighted by Gasteiger charge is 2.18. The maximum Gasteiger partial charge on any atom is 0.106 e. The van der Waals surface area contributed by atoms with E-state index in [4.69, 9.17) is 4.98 Å². The highest BCUT2D eigenvalue weighted by Crippen LogP contribution is 2.32. The number of hydrogen-bond acceptors (Lipinski definition) is 1. The molecule has 2 nitrogen and oxygen atoms in total. The molecule has 17 heavy (non-hydrogen) atoms. The van der Waals surface area contributed by atoms with Crippen LogP contribution in [-0.4, -0.2) is 9.97 Å². The smallest absolute Gasteiger partial charge is 0.106 e. The standard InChI is InChI=1S/C14H15BrN2/c1-2-13-16-12-5-3-4-9-8-10(15)6-7-11(9)14(12)17-13/h6-8H,2-5H2,1H3,(H,16,17). The molecule has 3 heteroatoms. The molecule has 88 valence electrons. The van der Waals surface area contributed by atoms with Crippen LogP contribution in [-0.2, 0) is 19.3 Å². The molecule has 0 aliphatic heterocycles. The topological polar surface area (TPSA) is 28.7 Å². The fraction of sp³-hybridized carbons (Fsp3) is 0.357. The van der Waals surface area contributed by atoms with Gasteiger partial charge in [0, 0.05) is 22.2 Å². The Bertz CT molecular complexity index is 557. The number of halogens is 1. The summed E-state index contributed by atoms with van der Waals surface area (Å²) in [6.45, 7) is 2.14. The van der Waals surface area contributed by atoms with Crippen LogP contribution in [0, 0.1) is 0 Å². The van der Waals surface area contributed by atoms with Gasteiger partial charge in [0.15, 0.2) is 0 Å². The summed E-state index contributed by atoms with van der Waals surface area (Å²) >= 11 is 3.55. The van der Waals surface area contributed by atoms with Gasteiger partial charge >= 0.3 is 0 Å². The Balaban J connectivity index is 2.19. The Morgan fingerprint density at radius 1 is 1.35 bits per heavy atom. The third-order valence-electron chi connectivity index (χ3n) is 3.36. The van der Waals surface area contributed by atoms with E-state index in [2.05, 4.69) is 46.0 Å². The molecule has 2 aromatic rings. The molecule has 1 aromatic carbocycles. The summed E-state index contributed by atoms with van der Waals surface area (Å²) in [4.78, 5) is 8.19. The normalized spacial score (nSPS) is 14.0.